The van der Waals surface area contributed by atoms with Crippen LogP contribution in [0.5, 0.6) is 0 Å². The van der Waals surface area contributed by atoms with Crippen molar-refractivity contribution < 1.29 is 9.18 Å². The highest BCUT2D eigenvalue weighted by molar-refractivity contribution is 5.77. The molecule has 0 saturated carbocycles. The molecule has 1 saturated heterocycles. The molecule has 1 N–H and O–H groups in total. The molecule has 18 heavy (non-hydrogen) atoms. The van der Waals surface area contributed by atoms with Gasteiger partial charge in [0.15, 0.2) is 0 Å². The monoisotopic (exact) mass is 251 g/mol. The molecule has 1 aromatic rings. The molecule has 0 atom stereocenters. The Morgan fingerprint density at radius 3 is 2.39 bits per heavy atom. The number of benzene rings is 1. The van der Waals surface area contributed by atoms with Crippen LogP contribution in [0.1, 0.15) is 0 Å². The van der Waals surface area contributed by atoms with Gasteiger partial charge in [-0.1, -0.05) is 0 Å². The van der Waals surface area contributed by atoms with E-state index in [0.717, 1.165) is 31.9 Å². The van der Waals surface area contributed by atoms with E-state index in [-0.39, 0.29) is 11.7 Å². The number of amides is 1. The molecule has 1 aliphatic heterocycles. The standard InChI is InChI=1S/C13H18FN3O/c1-15-13(18)10-16-6-8-17(9-7-16)12-4-2-11(14)3-5-12/h2-5H,6-10H2,1H3,(H,15,18). The number of anilines is 1. The van der Waals surface area contributed by atoms with Crippen LogP contribution in [0.3, 0.4) is 0 Å². The molecule has 0 aliphatic carbocycles. The minimum absolute atomic E-state index is 0.0465. The minimum atomic E-state index is -0.211. The number of hydrogen-bond donors (Lipinski definition) is 1. The van der Waals surface area contributed by atoms with E-state index in [0.29, 0.717) is 6.54 Å². The molecule has 1 heterocycles. The lowest BCUT2D eigenvalue weighted by Crippen LogP contribution is -2.49. The van der Waals surface area contributed by atoms with Crippen molar-refractivity contribution >= 4 is 11.6 Å². The Kier molecular flexibility index (Phi) is 4.15. The van der Waals surface area contributed by atoms with Crippen LogP contribution >= 0.6 is 0 Å². The highest BCUT2D eigenvalue weighted by atomic mass is 19.1. The summed E-state index contributed by atoms with van der Waals surface area (Å²) in [7, 11) is 1.65. The Bertz CT molecular complexity index is 399. The molecule has 0 unspecified atom stereocenters. The average molecular weight is 251 g/mol. The Balaban J connectivity index is 1.86. The number of nitrogens with zero attached hydrogens (tertiary/aromatic N) is 2. The molecule has 0 radical (unpaired) electrons. The molecule has 0 spiro atoms. The fourth-order valence-electron chi connectivity index (χ4n) is 2.10. The molecule has 5 heteroatoms. The van der Waals surface area contributed by atoms with Gasteiger partial charge < -0.3 is 10.2 Å². The Morgan fingerprint density at radius 1 is 1.22 bits per heavy atom. The van der Waals surface area contributed by atoms with Gasteiger partial charge in [0.2, 0.25) is 5.91 Å². The fraction of sp³-hybridized carbons (Fsp3) is 0.462. The first-order valence-corrected chi connectivity index (χ1v) is 6.12. The quantitative estimate of drug-likeness (QED) is 0.858. The molecular formula is C13H18FN3O. The first-order chi connectivity index (χ1) is 8.69. The van der Waals surface area contributed by atoms with Gasteiger partial charge in [0.05, 0.1) is 6.54 Å². The van der Waals surface area contributed by atoms with Crippen LogP contribution in [0, 0.1) is 5.82 Å². The van der Waals surface area contributed by atoms with Gasteiger partial charge in [-0.3, -0.25) is 9.69 Å². The van der Waals surface area contributed by atoms with Crippen molar-refractivity contribution in [1.29, 1.82) is 0 Å². The van der Waals surface area contributed by atoms with Crippen LogP contribution in [0.15, 0.2) is 24.3 Å². The number of hydrogen-bond acceptors (Lipinski definition) is 3. The van der Waals surface area contributed by atoms with E-state index in [1.165, 1.54) is 12.1 Å². The Labute approximate surface area is 106 Å². The van der Waals surface area contributed by atoms with Crippen LogP contribution in [-0.4, -0.2) is 50.6 Å². The number of carbonyl (C=O) groups is 1. The lowest BCUT2D eigenvalue weighted by Gasteiger charge is -2.35. The summed E-state index contributed by atoms with van der Waals surface area (Å²) in [6, 6.07) is 6.55. The molecule has 98 valence electrons. The van der Waals surface area contributed by atoms with Crippen LogP contribution in [0.2, 0.25) is 0 Å². The second-order valence-corrected chi connectivity index (χ2v) is 4.41. The van der Waals surface area contributed by atoms with E-state index in [1.807, 2.05) is 0 Å². The van der Waals surface area contributed by atoms with Gasteiger partial charge >= 0.3 is 0 Å². The molecule has 1 amide bonds. The third-order valence-electron chi connectivity index (χ3n) is 3.21. The highest BCUT2D eigenvalue weighted by Crippen LogP contribution is 2.16. The van der Waals surface area contributed by atoms with Crippen molar-refractivity contribution in [2.45, 2.75) is 0 Å². The number of carbonyl (C=O) groups excluding carboxylic acids is 1. The van der Waals surface area contributed by atoms with Crippen LogP contribution in [-0.2, 0) is 4.79 Å². The van der Waals surface area contributed by atoms with Crippen molar-refractivity contribution in [3.8, 4) is 0 Å². The summed E-state index contributed by atoms with van der Waals surface area (Å²) < 4.78 is 12.8. The summed E-state index contributed by atoms with van der Waals surface area (Å²) >= 11 is 0. The molecule has 0 bridgehead atoms. The van der Waals surface area contributed by atoms with E-state index in [4.69, 9.17) is 0 Å². The molecule has 0 aromatic heterocycles. The summed E-state index contributed by atoms with van der Waals surface area (Å²) in [5, 5.41) is 2.63. The molecule has 1 fully saturated rings. The van der Waals surface area contributed by atoms with Crippen molar-refractivity contribution in [2.24, 2.45) is 0 Å². The largest absolute Gasteiger partial charge is 0.369 e. The average Bonchev–Trinajstić information content (AvgIpc) is 2.40. The van der Waals surface area contributed by atoms with Gasteiger partial charge in [-0.05, 0) is 24.3 Å². The predicted molar refractivity (Wildman–Crippen MR) is 69.1 cm³/mol. The SMILES string of the molecule is CNC(=O)CN1CCN(c2ccc(F)cc2)CC1. The van der Waals surface area contributed by atoms with E-state index in [9.17, 15) is 9.18 Å². The van der Waals surface area contributed by atoms with Gasteiger partial charge in [0.25, 0.3) is 0 Å². The van der Waals surface area contributed by atoms with E-state index in [2.05, 4.69) is 15.1 Å². The minimum Gasteiger partial charge on any atom is -0.369 e. The van der Waals surface area contributed by atoms with Gasteiger partial charge in [-0.2, -0.15) is 0 Å². The summed E-state index contributed by atoms with van der Waals surface area (Å²) in [6.07, 6.45) is 0. The summed E-state index contributed by atoms with van der Waals surface area (Å²) in [5.41, 5.74) is 1.04. The smallest absolute Gasteiger partial charge is 0.233 e. The number of nitrogens with one attached hydrogen (secondary N) is 1. The van der Waals surface area contributed by atoms with E-state index in [1.54, 1.807) is 19.2 Å². The van der Waals surface area contributed by atoms with Crippen molar-refractivity contribution in [2.75, 3.05) is 44.7 Å². The van der Waals surface area contributed by atoms with Gasteiger partial charge in [-0.25, -0.2) is 4.39 Å². The van der Waals surface area contributed by atoms with Crippen LogP contribution in [0.4, 0.5) is 10.1 Å². The van der Waals surface area contributed by atoms with Gasteiger partial charge in [0.1, 0.15) is 5.82 Å². The van der Waals surface area contributed by atoms with E-state index < -0.39 is 0 Å². The maximum absolute atomic E-state index is 12.8. The van der Waals surface area contributed by atoms with Gasteiger partial charge in [0, 0.05) is 38.9 Å². The summed E-state index contributed by atoms with van der Waals surface area (Å²) in [5.74, 6) is -0.165. The maximum atomic E-state index is 12.8. The highest BCUT2D eigenvalue weighted by Gasteiger charge is 2.18. The summed E-state index contributed by atoms with van der Waals surface area (Å²) in [4.78, 5) is 15.6. The first-order valence-electron chi connectivity index (χ1n) is 6.12. The number of halogens is 1. The van der Waals surface area contributed by atoms with E-state index >= 15 is 0 Å². The summed E-state index contributed by atoms with van der Waals surface area (Å²) in [6.45, 7) is 3.88. The Hall–Kier alpha value is -1.62. The maximum Gasteiger partial charge on any atom is 0.233 e. The number of likely N-dealkylation sites (N-methyl/N-ethyl adjacent to an activating group) is 1. The number of rotatable bonds is 3. The third-order valence-corrected chi connectivity index (χ3v) is 3.21. The zero-order valence-electron chi connectivity index (χ0n) is 10.5. The van der Waals surface area contributed by atoms with Gasteiger partial charge in [-0.15, -0.1) is 0 Å². The molecule has 2 rings (SSSR count). The second kappa shape index (κ2) is 5.82. The van der Waals surface area contributed by atoms with Crippen LogP contribution in [0.25, 0.3) is 0 Å². The first kappa shape index (κ1) is 12.8. The fourth-order valence-corrected chi connectivity index (χ4v) is 2.10. The normalized spacial score (nSPS) is 16.7. The van der Waals surface area contributed by atoms with Crippen molar-refractivity contribution in [3.63, 3.8) is 0 Å². The molecule has 1 aromatic carbocycles. The molecule has 4 nitrogen and oxygen atoms in total. The molecular weight excluding hydrogens is 233 g/mol. The van der Waals surface area contributed by atoms with Crippen LogP contribution < -0.4 is 10.2 Å². The predicted octanol–water partition coefficient (Wildman–Crippen LogP) is 0.694. The van der Waals surface area contributed by atoms with Crippen molar-refractivity contribution in [1.82, 2.24) is 10.2 Å². The lowest BCUT2D eigenvalue weighted by atomic mass is 10.2. The molecule has 1 aliphatic rings. The third kappa shape index (κ3) is 3.20. The Morgan fingerprint density at radius 2 is 1.83 bits per heavy atom. The second-order valence-electron chi connectivity index (χ2n) is 4.41. The topological polar surface area (TPSA) is 35.6 Å². The zero-order chi connectivity index (χ0) is 13.0. The lowest BCUT2D eigenvalue weighted by molar-refractivity contribution is -0.121. The number of piperazine rings is 1. The zero-order valence-corrected chi connectivity index (χ0v) is 10.5. The van der Waals surface area contributed by atoms with Crippen molar-refractivity contribution in [3.05, 3.63) is 30.1 Å².